The van der Waals surface area contributed by atoms with Gasteiger partial charge in [-0.05, 0) is 37.3 Å². The molecule has 0 aliphatic rings. The Morgan fingerprint density at radius 2 is 1.30 bits per heavy atom. The number of carbonyl (C=O) groups excluding carboxylic acids is 1. The fourth-order valence-electron chi connectivity index (χ4n) is 2.19. The molecule has 0 aliphatic carbocycles. The van der Waals surface area contributed by atoms with E-state index in [9.17, 15) is 14.4 Å². The quantitative estimate of drug-likeness (QED) is 0.904. The highest BCUT2D eigenvalue weighted by Crippen LogP contribution is 2.28. The van der Waals surface area contributed by atoms with E-state index >= 15 is 0 Å². The number of hydrogen-bond donors (Lipinski definition) is 2. The third-order valence-corrected chi connectivity index (χ3v) is 3.28. The number of nitrogens with zero attached hydrogens (tertiary/aromatic N) is 1. The van der Waals surface area contributed by atoms with Gasteiger partial charge in [-0.2, -0.15) is 0 Å². The van der Waals surface area contributed by atoms with Gasteiger partial charge in [0.25, 0.3) is 0 Å². The molecule has 0 radical (unpaired) electrons. The van der Waals surface area contributed by atoms with E-state index < -0.39 is 11.9 Å². The second-order valence-electron chi connectivity index (χ2n) is 5.07. The molecule has 0 aromatic heterocycles. The number of anilines is 2. The highest BCUT2D eigenvalue weighted by atomic mass is 16.4. The maximum absolute atomic E-state index is 12.0. The molecular formula is C17H15NO5. The van der Waals surface area contributed by atoms with Gasteiger partial charge in [0.2, 0.25) is 5.91 Å². The number of benzene rings is 2. The van der Waals surface area contributed by atoms with E-state index in [1.54, 1.807) is 12.1 Å². The summed E-state index contributed by atoms with van der Waals surface area (Å²) >= 11 is 0. The van der Waals surface area contributed by atoms with Crippen molar-refractivity contribution in [1.29, 1.82) is 0 Å². The van der Waals surface area contributed by atoms with Crippen molar-refractivity contribution in [1.82, 2.24) is 0 Å². The lowest BCUT2D eigenvalue weighted by molar-refractivity contribution is -0.115. The third-order valence-electron chi connectivity index (χ3n) is 3.28. The minimum Gasteiger partial charge on any atom is -0.478 e. The van der Waals surface area contributed by atoms with Crippen LogP contribution in [-0.2, 0) is 4.79 Å². The largest absolute Gasteiger partial charge is 0.478 e. The standard InChI is InChI=1S/C17H15NO5/c1-10-3-5-14(6-4-10)18(11(2)19)15-8-12(16(20)21)7-13(9-15)17(22)23/h3-9H,1-2H3,(H,20,21)(H,22,23). The summed E-state index contributed by atoms with van der Waals surface area (Å²) in [6.07, 6.45) is 0. The highest BCUT2D eigenvalue weighted by Gasteiger charge is 2.19. The number of carboxylic acids is 2. The molecule has 2 aromatic carbocycles. The lowest BCUT2D eigenvalue weighted by Gasteiger charge is -2.22. The monoisotopic (exact) mass is 313 g/mol. The van der Waals surface area contributed by atoms with Crippen LogP contribution in [-0.4, -0.2) is 28.1 Å². The second kappa shape index (κ2) is 6.31. The summed E-state index contributed by atoms with van der Waals surface area (Å²) in [5.41, 5.74) is 1.33. The molecule has 0 unspecified atom stereocenters. The molecular weight excluding hydrogens is 298 g/mol. The Kier molecular flexibility index (Phi) is 4.45. The van der Waals surface area contributed by atoms with E-state index in [1.807, 2.05) is 19.1 Å². The van der Waals surface area contributed by atoms with Crippen LogP contribution in [0.4, 0.5) is 11.4 Å². The molecule has 0 aliphatic heterocycles. The predicted octanol–water partition coefficient (Wildman–Crippen LogP) is 3.08. The molecule has 0 saturated heterocycles. The number of hydrogen-bond acceptors (Lipinski definition) is 3. The Labute approximate surface area is 132 Å². The second-order valence-corrected chi connectivity index (χ2v) is 5.07. The van der Waals surface area contributed by atoms with E-state index in [0.717, 1.165) is 11.6 Å². The van der Waals surface area contributed by atoms with Crippen molar-refractivity contribution in [3.8, 4) is 0 Å². The number of carboxylic acid groups (broad SMARTS) is 2. The molecule has 0 bridgehead atoms. The molecule has 23 heavy (non-hydrogen) atoms. The molecule has 6 nitrogen and oxygen atoms in total. The molecule has 1 amide bonds. The number of aromatic carboxylic acids is 2. The van der Waals surface area contributed by atoms with Crippen LogP contribution in [0.1, 0.15) is 33.2 Å². The Morgan fingerprint density at radius 1 is 0.826 bits per heavy atom. The van der Waals surface area contributed by atoms with Crippen molar-refractivity contribution < 1.29 is 24.6 Å². The van der Waals surface area contributed by atoms with Crippen molar-refractivity contribution in [3.63, 3.8) is 0 Å². The predicted molar refractivity (Wildman–Crippen MR) is 84.4 cm³/mol. The Hall–Kier alpha value is -3.15. The molecule has 2 aromatic rings. The van der Waals surface area contributed by atoms with E-state index in [-0.39, 0.29) is 22.7 Å². The van der Waals surface area contributed by atoms with Crippen LogP contribution in [0.15, 0.2) is 42.5 Å². The highest BCUT2D eigenvalue weighted by molar-refractivity contribution is 6.02. The first-order valence-electron chi connectivity index (χ1n) is 6.78. The maximum Gasteiger partial charge on any atom is 0.335 e. The normalized spacial score (nSPS) is 10.2. The lowest BCUT2D eigenvalue weighted by Crippen LogP contribution is -2.23. The van der Waals surface area contributed by atoms with Gasteiger partial charge in [-0.15, -0.1) is 0 Å². The number of aryl methyl sites for hydroxylation is 1. The first-order chi connectivity index (χ1) is 10.8. The smallest absolute Gasteiger partial charge is 0.335 e. The van der Waals surface area contributed by atoms with Gasteiger partial charge >= 0.3 is 11.9 Å². The van der Waals surface area contributed by atoms with Gasteiger partial charge in [0.15, 0.2) is 0 Å². The van der Waals surface area contributed by atoms with Crippen LogP contribution in [0.25, 0.3) is 0 Å². The first kappa shape index (κ1) is 16.2. The Bertz CT molecular complexity index is 748. The van der Waals surface area contributed by atoms with Crippen LogP contribution in [0, 0.1) is 6.92 Å². The lowest BCUT2D eigenvalue weighted by atomic mass is 10.1. The minimum atomic E-state index is -1.26. The van der Waals surface area contributed by atoms with Gasteiger partial charge in [0, 0.05) is 12.6 Å². The molecule has 118 valence electrons. The van der Waals surface area contributed by atoms with Crippen molar-refractivity contribution in [2.24, 2.45) is 0 Å². The minimum absolute atomic E-state index is 0.193. The van der Waals surface area contributed by atoms with Crippen molar-refractivity contribution >= 4 is 29.2 Å². The maximum atomic E-state index is 12.0. The van der Waals surface area contributed by atoms with Crippen LogP contribution in [0.2, 0.25) is 0 Å². The van der Waals surface area contributed by atoms with Gasteiger partial charge in [-0.25, -0.2) is 9.59 Å². The first-order valence-corrected chi connectivity index (χ1v) is 6.78. The van der Waals surface area contributed by atoms with Gasteiger partial charge in [-0.3, -0.25) is 9.69 Å². The fraction of sp³-hybridized carbons (Fsp3) is 0.118. The van der Waals surface area contributed by atoms with E-state index in [0.29, 0.717) is 5.69 Å². The van der Waals surface area contributed by atoms with Gasteiger partial charge in [0.1, 0.15) is 0 Å². The van der Waals surface area contributed by atoms with Gasteiger partial charge in [-0.1, -0.05) is 17.7 Å². The fourth-order valence-corrected chi connectivity index (χ4v) is 2.19. The van der Waals surface area contributed by atoms with Crippen molar-refractivity contribution in [3.05, 3.63) is 59.2 Å². The zero-order valence-electron chi connectivity index (χ0n) is 12.6. The SMILES string of the molecule is CC(=O)N(c1ccc(C)cc1)c1cc(C(=O)O)cc(C(=O)O)c1. The summed E-state index contributed by atoms with van der Waals surface area (Å²) in [7, 11) is 0. The average molecular weight is 313 g/mol. The topological polar surface area (TPSA) is 94.9 Å². The summed E-state index contributed by atoms with van der Waals surface area (Å²) in [6.45, 7) is 3.23. The number of carbonyl (C=O) groups is 3. The zero-order valence-corrected chi connectivity index (χ0v) is 12.6. The molecule has 0 fully saturated rings. The van der Waals surface area contributed by atoms with Crippen molar-refractivity contribution in [2.45, 2.75) is 13.8 Å². The van der Waals surface area contributed by atoms with E-state index in [2.05, 4.69) is 0 Å². The zero-order chi connectivity index (χ0) is 17.1. The average Bonchev–Trinajstić information content (AvgIpc) is 2.48. The van der Waals surface area contributed by atoms with Crippen LogP contribution in [0.5, 0.6) is 0 Å². The molecule has 0 heterocycles. The molecule has 2 rings (SSSR count). The summed E-state index contributed by atoms with van der Waals surface area (Å²) in [5, 5.41) is 18.3. The summed E-state index contributed by atoms with van der Waals surface area (Å²) in [4.78, 5) is 35.7. The molecule has 2 N–H and O–H groups in total. The number of rotatable bonds is 4. The third kappa shape index (κ3) is 3.55. The molecule has 0 saturated carbocycles. The molecule has 6 heteroatoms. The van der Waals surface area contributed by atoms with E-state index in [4.69, 9.17) is 10.2 Å². The van der Waals surface area contributed by atoms with E-state index in [1.165, 1.54) is 24.0 Å². The Morgan fingerprint density at radius 3 is 1.70 bits per heavy atom. The van der Waals surface area contributed by atoms with Crippen LogP contribution >= 0.6 is 0 Å². The van der Waals surface area contributed by atoms with Gasteiger partial charge < -0.3 is 10.2 Å². The van der Waals surface area contributed by atoms with Crippen molar-refractivity contribution in [2.75, 3.05) is 4.90 Å². The van der Waals surface area contributed by atoms with Crippen LogP contribution < -0.4 is 4.90 Å². The summed E-state index contributed by atoms with van der Waals surface area (Å²) < 4.78 is 0. The number of amides is 1. The molecule has 0 spiro atoms. The molecule has 0 atom stereocenters. The van der Waals surface area contributed by atoms with Crippen LogP contribution in [0.3, 0.4) is 0 Å². The Balaban J connectivity index is 2.63. The summed E-state index contributed by atoms with van der Waals surface area (Å²) in [5.74, 6) is -2.88. The van der Waals surface area contributed by atoms with Gasteiger partial charge in [0.05, 0.1) is 16.8 Å². The summed E-state index contributed by atoms with van der Waals surface area (Å²) in [6, 6.07) is 10.7.